The van der Waals surface area contributed by atoms with Crippen molar-refractivity contribution in [3.8, 4) is 5.75 Å². The molecule has 2 heterocycles. The summed E-state index contributed by atoms with van der Waals surface area (Å²) in [6.45, 7) is 1.23. The standard InChI is InChI=1S/C23H24F2N2O3/c1-28-19-5-6-22-20(11-19)15(8-9-26-22)3-7-23-29-13-18(14-30-23)27-12-16-2-4-17(24)10-21(16)25/h2,4-6,8-11,18,23,27H,3,7,12-14H2,1H3/t18-,23-. The monoisotopic (exact) mass is 414 g/mol. The molecule has 0 aliphatic carbocycles. The quantitative estimate of drug-likeness (QED) is 0.634. The van der Waals surface area contributed by atoms with E-state index in [4.69, 9.17) is 14.2 Å². The average Bonchev–Trinajstić information content (AvgIpc) is 2.77. The van der Waals surface area contributed by atoms with E-state index >= 15 is 0 Å². The van der Waals surface area contributed by atoms with Gasteiger partial charge in [-0.3, -0.25) is 4.98 Å². The number of methoxy groups -OCH3 is 1. The zero-order chi connectivity index (χ0) is 20.9. The van der Waals surface area contributed by atoms with Crippen molar-refractivity contribution in [2.75, 3.05) is 20.3 Å². The van der Waals surface area contributed by atoms with Crippen molar-refractivity contribution in [3.63, 3.8) is 0 Å². The van der Waals surface area contributed by atoms with Gasteiger partial charge < -0.3 is 19.5 Å². The smallest absolute Gasteiger partial charge is 0.158 e. The lowest BCUT2D eigenvalue weighted by atomic mass is 10.0. The van der Waals surface area contributed by atoms with E-state index in [1.165, 1.54) is 12.1 Å². The van der Waals surface area contributed by atoms with Crippen molar-refractivity contribution >= 4 is 10.9 Å². The molecule has 1 aromatic heterocycles. The third-order valence-electron chi connectivity index (χ3n) is 5.25. The van der Waals surface area contributed by atoms with Crippen molar-refractivity contribution in [3.05, 3.63) is 71.4 Å². The number of ether oxygens (including phenoxy) is 3. The van der Waals surface area contributed by atoms with Crippen molar-refractivity contribution < 1.29 is 23.0 Å². The Morgan fingerprint density at radius 2 is 1.90 bits per heavy atom. The highest BCUT2D eigenvalue weighted by Gasteiger charge is 2.22. The number of pyridine rings is 1. The normalized spacial score (nSPS) is 19.2. The van der Waals surface area contributed by atoms with Crippen LogP contribution in [0.1, 0.15) is 17.5 Å². The van der Waals surface area contributed by atoms with Crippen LogP contribution in [0.25, 0.3) is 10.9 Å². The van der Waals surface area contributed by atoms with E-state index in [0.717, 1.165) is 41.1 Å². The molecule has 0 amide bonds. The first-order chi connectivity index (χ1) is 14.6. The number of rotatable bonds is 7. The Bertz CT molecular complexity index is 1010. The molecule has 0 unspecified atom stereocenters. The summed E-state index contributed by atoms with van der Waals surface area (Å²) >= 11 is 0. The third-order valence-corrected chi connectivity index (χ3v) is 5.25. The van der Waals surface area contributed by atoms with Gasteiger partial charge in [-0.05, 0) is 42.3 Å². The molecule has 4 rings (SSSR count). The predicted octanol–water partition coefficient (Wildman–Crippen LogP) is 3.99. The van der Waals surface area contributed by atoms with Crippen LogP contribution in [-0.4, -0.2) is 37.6 Å². The number of benzene rings is 2. The van der Waals surface area contributed by atoms with Gasteiger partial charge in [-0.2, -0.15) is 0 Å². The minimum absolute atomic E-state index is 0.0447. The van der Waals surface area contributed by atoms with Gasteiger partial charge in [0.2, 0.25) is 0 Å². The summed E-state index contributed by atoms with van der Waals surface area (Å²) in [6, 6.07) is 11.4. The van der Waals surface area contributed by atoms with Crippen LogP contribution in [0.4, 0.5) is 8.78 Å². The Kier molecular flexibility index (Phi) is 6.52. The zero-order valence-corrected chi connectivity index (χ0v) is 16.7. The fraction of sp³-hybridized carbons (Fsp3) is 0.348. The molecule has 0 bridgehead atoms. The lowest BCUT2D eigenvalue weighted by Crippen LogP contribution is -2.44. The molecule has 5 nitrogen and oxygen atoms in total. The molecule has 1 fully saturated rings. The highest BCUT2D eigenvalue weighted by molar-refractivity contribution is 5.83. The molecule has 0 radical (unpaired) electrons. The van der Waals surface area contributed by atoms with Gasteiger partial charge in [-0.25, -0.2) is 8.78 Å². The zero-order valence-electron chi connectivity index (χ0n) is 16.7. The lowest BCUT2D eigenvalue weighted by Gasteiger charge is -2.30. The van der Waals surface area contributed by atoms with Crippen molar-refractivity contribution in [2.45, 2.75) is 31.7 Å². The molecule has 30 heavy (non-hydrogen) atoms. The van der Waals surface area contributed by atoms with Crippen LogP contribution in [-0.2, 0) is 22.4 Å². The lowest BCUT2D eigenvalue weighted by molar-refractivity contribution is -0.192. The first kappa shape index (κ1) is 20.7. The average molecular weight is 414 g/mol. The molecule has 0 saturated carbocycles. The number of fused-ring (bicyclic) bond motifs is 1. The second-order valence-electron chi connectivity index (χ2n) is 7.30. The second kappa shape index (κ2) is 9.47. The molecule has 0 atom stereocenters. The Hall–Kier alpha value is -2.61. The summed E-state index contributed by atoms with van der Waals surface area (Å²) in [5.74, 6) is -0.337. The molecular formula is C23H24F2N2O3. The second-order valence-corrected chi connectivity index (χ2v) is 7.30. The number of aryl methyl sites for hydroxylation is 1. The van der Waals surface area contributed by atoms with E-state index in [2.05, 4.69) is 10.3 Å². The van der Waals surface area contributed by atoms with E-state index < -0.39 is 11.6 Å². The number of halogens is 2. The number of nitrogens with one attached hydrogen (secondary N) is 1. The summed E-state index contributed by atoms with van der Waals surface area (Å²) in [6.07, 6.45) is 3.02. The molecule has 2 aromatic carbocycles. The van der Waals surface area contributed by atoms with Gasteiger partial charge in [-0.15, -0.1) is 0 Å². The first-order valence-electron chi connectivity index (χ1n) is 9.94. The fourth-order valence-corrected chi connectivity index (χ4v) is 3.55. The number of nitrogens with zero attached hydrogens (tertiary/aromatic N) is 1. The molecule has 3 aromatic rings. The largest absolute Gasteiger partial charge is 0.497 e. The molecule has 1 saturated heterocycles. The van der Waals surface area contributed by atoms with Gasteiger partial charge >= 0.3 is 0 Å². The maximum atomic E-state index is 13.7. The maximum Gasteiger partial charge on any atom is 0.158 e. The molecule has 158 valence electrons. The van der Waals surface area contributed by atoms with E-state index in [9.17, 15) is 8.78 Å². The van der Waals surface area contributed by atoms with E-state index in [-0.39, 0.29) is 12.3 Å². The first-order valence-corrected chi connectivity index (χ1v) is 9.94. The number of aromatic nitrogens is 1. The third kappa shape index (κ3) is 4.92. The van der Waals surface area contributed by atoms with Crippen molar-refractivity contribution in [1.29, 1.82) is 0 Å². The summed E-state index contributed by atoms with van der Waals surface area (Å²) in [4.78, 5) is 4.40. The van der Waals surface area contributed by atoms with E-state index in [1.54, 1.807) is 13.3 Å². The van der Waals surface area contributed by atoms with E-state index in [1.807, 2.05) is 24.3 Å². The van der Waals surface area contributed by atoms with Crippen LogP contribution in [0.5, 0.6) is 5.75 Å². The topological polar surface area (TPSA) is 52.6 Å². The summed E-state index contributed by atoms with van der Waals surface area (Å²) in [5.41, 5.74) is 2.51. The Morgan fingerprint density at radius 1 is 1.07 bits per heavy atom. The molecular weight excluding hydrogens is 390 g/mol. The highest BCUT2D eigenvalue weighted by Crippen LogP contribution is 2.24. The van der Waals surface area contributed by atoms with Crippen LogP contribution in [0.2, 0.25) is 0 Å². The molecule has 0 spiro atoms. The molecule has 7 heteroatoms. The van der Waals surface area contributed by atoms with Gasteiger partial charge in [0.05, 0.1) is 31.9 Å². The Labute approximate surface area is 174 Å². The van der Waals surface area contributed by atoms with Crippen LogP contribution >= 0.6 is 0 Å². The van der Waals surface area contributed by atoms with Crippen LogP contribution in [0, 0.1) is 11.6 Å². The Morgan fingerprint density at radius 3 is 2.67 bits per heavy atom. The number of hydrogen-bond acceptors (Lipinski definition) is 5. The highest BCUT2D eigenvalue weighted by atomic mass is 19.1. The van der Waals surface area contributed by atoms with Crippen LogP contribution in [0.3, 0.4) is 0 Å². The van der Waals surface area contributed by atoms with Crippen molar-refractivity contribution in [2.24, 2.45) is 0 Å². The van der Waals surface area contributed by atoms with Gasteiger partial charge in [0.25, 0.3) is 0 Å². The van der Waals surface area contributed by atoms with Crippen LogP contribution < -0.4 is 10.1 Å². The fourth-order valence-electron chi connectivity index (χ4n) is 3.55. The summed E-state index contributed by atoms with van der Waals surface area (Å²) in [7, 11) is 1.65. The minimum Gasteiger partial charge on any atom is -0.497 e. The predicted molar refractivity (Wildman–Crippen MR) is 109 cm³/mol. The van der Waals surface area contributed by atoms with Crippen molar-refractivity contribution in [1.82, 2.24) is 10.3 Å². The van der Waals surface area contributed by atoms with Gasteiger partial charge in [-0.1, -0.05) is 6.07 Å². The van der Waals surface area contributed by atoms with Gasteiger partial charge in [0.15, 0.2) is 6.29 Å². The maximum absolute atomic E-state index is 13.7. The summed E-state index contributed by atoms with van der Waals surface area (Å²) in [5, 5.41) is 4.26. The molecule has 1 aliphatic rings. The molecule has 1 N–H and O–H groups in total. The SMILES string of the molecule is COc1ccc2nccc(CC[C@H]3OC[C@H](NCc4ccc(F)cc4F)CO3)c2c1. The van der Waals surface area contributed by atoms with Gasteiger partial charge in [0, 0.05) is 36.2 Å². The number of hydrogen-bond donors (Lipinski definition) is 1. The summed E-state index contributed by atoms with van der Waals surface area (Å²) < 4.78 is 43.7. The Balaban J connectivity index is 1.28. The van der Waals surface area contributed by atoms with Gasteiger partial charge in [0.1, 0.15) is 17.4 Å². The minimum atomic E-state index is -0.580. The molecule has 1 aliphatic heterocycles. The van der Waals surface area contributed by atoms with Crippen LogP contribution in [0.15, 0.2) is 48.7 Å². The van der Waals surface area contributed by atoms with E-state index in [0.29, 0.717) is 25.3 Å².